The fourth-order valence-electron chi connectivity index (χ4n) is 0.854. The van der Waals surface area contributed by atoms with Crippen LogP contribution >= 0.6 is 15.9 Å². The predicted molar refractivity (Wildman–Crippen MR) is 64.6 cm³/mol. The molecular weight excluding hydrogens is 292 g/mol. The Labute approximate surface area is 107 Å². The zero-order valence-corrected chi connectivity index (χ0v) is 10.9. The van der Waals surface area contributed by atoms with Crippen molar-refractivity contribution in [3.8, 4) is 0 Å². The van der Waals surface area contributed by atoms with Crippen LogP contribution in [0.25, 0.3) is 0 Å². The van der Waals surface area contributed by atoms with Gasteiger partial charge in [0.05, 0.1) is 17.7 Å². The van der Waals surface area contributed by atoms with E-state index in [2.05, 4.69) is 36.5 Å². The number of aromatic nitrogens is 2. The third kappa shape index (κ3) is 6.15. The van der Waals surface area contributed by atoms with Gasteiger partial charge in [-0.15, -0.1) is 0 Å². The Morgan fingerprint density at radius 2 is 2.12 bits per heavy atom. The Hall–Kier alpha value is -1.25. The number of nitrogens with zero attached hydrogens (tertiary/aromatic N) is 2. The van der Waals surface area contributed by atoms with E-state index in [1.807, 2.05) is 0 Å². The van der Waals surface area contributed by atoms with Crippen LogP contribution in [-0.4, -0.2) is 43.1 Å². The van der Waals surface area contributed by atoms with Crippen LogP contribution < -0.4 is 10.6 Å². The van der Waals surface area contributed by atoms with E-state index in [4.69, 9.17) is 9.47 Å². The fraction of sp³-hybridized carbons (Fsp3) is 0.444. The van der Waals surface area contributed by atoms with E-state index in [1.54, 1.807) is 7.11 Å². The molecule has 0 fully saturated rings. The third-order valence-corrected chi connectivity index (χ3v) is 2.02. The van der Waals surface area contributed by atoms with Crippen LogP contribution in [0.15, 0.2) is 16.9 Å². The number of rotatable bonds is 6. The molecule has 0 aromatic carbocycles. The average Bonchev–Trinajstić information content (AvgIpc) is 2.32. The van der Waals surface area contributed by atoms with Gasteiger partial charge in [0.25, 0.3) is 0 Å². The summed E-state index contributed by atoms with van der Waals surface area (Å²) in [5, 5.41) is 4.94. The van der Waals surface area contributed by atoms with Gasteiger partial charge in [0.2, 0.25) is 5.95 Å². The van der Waals surface area contributed by atoms with Gasteiger partial charge in [-0.25, -0.2) is 14.8 Å². The minimum absolute atomic E-state index is 0.103. The van der Waals surface area contributed by atoms with Crippen molar-refractivity contribution in [1.29, 1.82) is 0 Å². The maximum atomic E-state index is 11.3. The Balaban J connectivity index is 2.18. The van der Waals surface area contributed by atoms with E-state index in [1.165, 1.54) is 12.4 Å². The third-order valence-electron chi connectivity index (χ3n) is 1.61. The zero-order valence-electron chi connectivity index (χ0n) is 9.27. The van der Waals surface area contributed by atoms with E-state index in [-0.39, 0.29) is 12.7 Å². The summed E-state index contributed by atoms with van der Waals surface area (Å²) < 4.78 is 10.6. The monoisotopic (exact) mass is 304 g/mol. The summed E-state index contributed by atoms with van der Waals surface area (Å²) in [6.07, 6.45) is 3.08. The van der Waals surface area contributed by atoms with Gasteiger partial charge in [-0.05, 0) is 15.9 Å². The van der Waals surface area contributed by atoms with Crippen molar-refractivity contribution in [3.05, 3.63) is 16.9 Å². The minimum atomic E-state index is -0.426. The molecule has 1 rings (SSSR count). The van der Waals surface area contributed by atoms with Gasteiger partial charge in [-0.2, -0.15) is 0 Å². The summed E-state index contributed by atoms with van der Waals surface area (Å²) in [5.74, 6) is 0.225. The molecular formula is C9H13BrN4O3. The highest BCUT2D eigenvalue weighted by molar-refractivity contribution is 9.10. The molecule has 7 nitrogen and oxygen atoms in total. The minimum Gasteiger partial charge on any atom is -0.382 e. The first kappa shape index (κ1) is 13.8. The second-order valence-electron chi connectivity index (χ2n) is 2.90. The van der Waals surface area contributed by atoms with Crippen LogP contribution in [-0.2, 0) is 9.47 Å². The van der Waals surface area contributed by atoms with Crippen molar-refractivity contribution < 1.29 is 14.3 Å². The molecule has 17 heavy (non-hydrogen) atoms. The first-order valence-electron chi connectivity index (χ1n) is 4.81. The molecule has 0 aliphatic rings. The molecule has 0 saturated heterocycles. The quantitative estimate of drug-likeness (QED) is 0.604. The first-order chi connectivity index (χ1) is 8.22. The molecule has 0 bridgehead atoms. The molecule has 0 aliphatic heterocycles. The fourth-order valence-corrected chi connectivity index (χ4v) is 1.06. The second-order valence-corrected chi connectivity index (χ2v) is 3.82. The smallest absolute Gasteiger partial charge is 0.323 e. The number of halogens is 1. The molecule has 2 amide bonds. The highest BCUT2D eigenvalue weighted by Crippen LogP contribution is 2.06. The summed E-state index contributed by atoms with van der Waals surface area (Å²) in [4.78, 5) is 19.1. The number of nitrogens with one attached hydrogen (secondary N) is 2. The lowest BCUT2D eigenvalue weighted by atomic mass is 10.7. The van der Waals surface area contributed by atoms with Gasteiger partial charge in [-0.3, -0.25) is 5.32 Å². The zero-order chi connectivity index (χ0) is 12.5. The van der Waals surface area contributed by atoms with Crippen molar-refractivity contribution in [1.82, 2.24) is 15.3 Å². The maximum Gasteiger partial charge on any atom is 0.323 e. The second kappa shape index (κ2) is 7.93. The number of hydrogen-bond acceptors (Lipinski definition) is 5. The highest BCUT2D eigenvalue weighted by atomic mass is 79.9. The molecule has 0 unspecified atom stereocenters. The number of urea groups is 1. The van der Waals surface area contributed by atoms with Crippen molar-refractivity contribution in [3.63, 3.8) is 0 Å². The van der Waals surface area contributed by atoms with Crippen molar-refractivity contribution in [2.75, 3.05) is 32.4 Å². The molecule has 0 spiro atoms. The van der Waals surface area contributed by atoms with E-state index >= 15 is 0 Å². The maximum absolute atomic E-state index is 11.3. The number of ether oxygens (including phenoxy) is 2. The van der Waals surface area contributed by atoms with Crippen molar-refractivity contribution >= 4 is 27.9 Å². The van der Waals surface area contributed by atoms with E-state index in [0.717, 1.165) is 4.47 Å². The molecule has 0 radical (unpaired) electrons. The summed E-state index contributed by atoms with van der Waals surface area (Å²) in [6.45, 7) is 1.01. The molecule has 2 N–H and O–H groups in total. The summed E-state index contributed by atoms with van der Waals surface area (Å²) in [7, 11) is 1.58. The van der Waals surface area contributed by atoms with Crippen LogP contribution in [0, 0.1) is 0 Å². The van der Waals surface area contributed by atoms with Gasteiger partial charge in [0, 0.05) is 19.5 Å². The Bertz CT molecular complexity index is 347. The van der Waals surface area contributed by atoms with E-state index in [0.29, 0.717) is 13.2 Å². The molecule has 0 atom stereocenters. The van der Waals surface area contributed by atoms with E-state index < -0.39 is 6.03 Å². The first-order valence-corrected chi connectivity index (χ1v) is 5.60. The SMILES string of the molecule is COCCOCNC(=O)Nc1ncc(Br)cn1. The van der Waals surface area contributed by atoms with E-state index in [9.17, 15) is 4.79 Å². The molecule has 0 saturated carbocycles. The van der Waals surface area contributed by atoms with Gasteiger partial charge >= 0.3 is 6.03 Å². The molecule has 0 aliphatic carbocycles. The number of carbonyl (C=O) groups is 1. The van der Waals surface area contributed by atoms with Crippen LogP contribution in [0.2, 0.25) is 0 Å². The van der Waals surface area contributed by atoms with Crippen LogP contribution in [0.5, 0.6) is 0 Å². The Morgan fingerprint density at radius 3 is 2.76 bits per heavy atom. The van der Waals surface area contributed by atoms with Crippen LogP contribution in [0.1, 0.15) is 0 Å². The lowest BCUT2D eigenvalue weighted by Gasteiger charge is -2.06. The number of methoxy groups -OCH3 is 1. The van der Waals surface area contributed by atoms with Gasteiger partial charge < -0.3 is 14.8 Å². The number of hydrogen-bond donors (Lipinski definition) is 2. The largest absolute Gasteiger partial charge is 0.382 e. The van der Waals surface area contributed by atoms with Crippen molar-refractivity contribution in [2.24, 2.45) is 0 Å². The lowest BCUT2D eigenvalue weighted by Crippen LogP contribution is -2.31. The topological polar surface area (TPSA) is 85.4 Å². The summed E-state index contributed by atoms with van der Waals surface area (Å²) in [5.41, 5.74) is 0. The van der Waals surface area contributed by atoms with Crippen LogP contribution in [0.4, 0.5) is 10.7 Å². The number of amides is 2. The summed E-state index contributed by atoms with van der Waals surface area (Å²) in [6, 6.07) is -0.426. The molecule has 94 valence electrons. The van der Waals surface area contributed by atoms with Gasteiger partial charge in [-0.1, -0.05) is 0 Å². The van der Waals surface area contributed by atoms with Gasteiger partial charge in [0.1, 0.15) is 6.73 Å². The lowest BCUT2D eigenvalue weighted by molar-refractivity contribution is 0.0650. The molecule has 1 aromatic heterocycles. The Kier molecular flexibility index (Phi) is 6.45. The predicted octanol–water partition coefficient (Wildman–Crippen LogP) is 0.981. The normalized spacial score (nSPS) is 10.0. The van der Waals surface area contributed by atoms with Gasteiger partial charge in [0.15, 0.2) is 0 Å². The van der Waals surface area contributed by atoms with Crippen LogP contribution in [0.3, 0.4) is 0 Å². The summed E-state index contributed by atoms with van der Waals surface area (Å²) >= 11 is 3.19. The molecule has 1 aromatic rings. The standard InChI is InChI=1S/C9H13BrN4O3/c1-16-2-3-17-6-13-9(15)14-8-11-4-7(10)5-12-8/h4-5H,2-3,6H2,1H3,(H2,11,12,13,14,15). The number of carbonyl (C=O) groups excluding carboxylic acids is 1. The molecule has 8 heteroatoms. The average molecular weight is 305 g/mol. The molecule has 1 heterocycles. The Morgan fingerprint density at radius 1 is 1.41 bits per heavy atom. The van der Waals surface area contributed by atoms with Crippen molar-refractivity contribution in [2.45, 2.75) is 0 Å². The number of anilines is 1. The highest BCUT2D eigenvalue weighted by Gasteiger charge is 2.02.